The van der Waals surface area contributed by atoms with E-state index in [-0.39, 0.29) is 5.91 Å². The van der Waals surface area contributed by atoms with Gasteiger partial charge in [-0.25, -0.2) is 4.98 Å². The molecule has 0 unspecified atom stereocenters. The molecule has 0 atom stereocenters. The molecule has 2 heterocycles. The average Bonchev–Trinajstić information content (AvgIpc) is 2.73. The molecule has 1 saturated heterocycles. The zero-order valence-electron chi connectivity index (χ0n) is 9.45. The zero-order valence-corrected chi connectivity index (χ0v) is 11.0. The van der Waals surface area contributed by atoms with Gasteiger partial charge in [0.25, 0.3) is 0 Å². The number of hydrogen-bond donors (Lipinski definition) is 1. The van der Waals surface area contributed by atoms with Crippen molar-refractivity contribution < 1.29 is 9.53 Å². The van der Waals surface area contributed by atoms with Crippen molar-refractivity contribution in [3.05, 3.63) is 10.5 Å². The minimum Gasteiger partial charge on any atom is -0.381 e. The van der Waals surface area contributed by atoms with Gasteiger partial charge in [-0.15, -0.1) is 0 Å². The maximum absolute atomic E-state index is 11.6. The van der Waals surface area contributed by atoms with Crippen molar-refractivity contribution in [3.63, 3.8) is 0 Å². The Balaban J connectivity index is 1.70. The van der Waals surface area contributed by atoms with Crippen LogP contribution in [0.5, 0.6) is 0 Å². The van der Waals surface area contributed by atoms with Crippen LogP contribution in [-0.4, -0.2) is 24.1 Å². The predicted octanol–water partition coefficient (Wildman–Crippen LogP) is 2.94. The van der Waals surface area contributed by atoms with Crippen LogP contribution < -0.4 is 5.32 Å². The van der Waals surface area contributed by atoms with Crippen LogP contribution in [0.4, 0.5) is 5.13 Å². The molecule has 0 aliphatic carbocycles. The van der Waals surface area contributed by atoms with Crippen LogP contribution in [0.3, 0.4) is 0 Å². The Morgan fingerprint density at radius 3 is 3.00 bits per heavy atom. The van der Waals surface area contributed by atoms with Gasteiger partial charge in [0.15, 0.2) is 5.13 Å². The molecule has 0 aromatic carbocycles. The maximum atomic E-state index is 11.6. The lowest BCUT2D eigenvalue weighted by molar-refractivity contribution is -0.116. The van der Waals surface area contributed by atoms with E-state index in [0.717, 1.165) is 32.5 Å². The highest BCUT2D eigenvalue weighted by Gasteiger charge is 2.15. The van der Waals surface area contributed by atoms with Crippen LogP contribution >= 0.6 is 22.9 Å². The molecule has 0 spiro atoms. The molecule has 94 valence electrons. The van der Waals surface area contributed by atoms with Gasteiger partial charge in [0.05, 0.1) is 6.20 Å². The van der Waals surface area contributed by atoms with Crippen molar-refractivity contribution in [3.8, 4) is 0 Å². The Morgan fingerprint density at radius 1 is 1.59 bits per heavy atom. The molecule has 17 heavy (non-hydrogen) atoms. The summed E-state index contributed by atoms with van der Waals surface area (Å²) in [5.74, 6) is 0.636. The van der Waals surface area contributed by atoms with E-state index < -0.39 is 0 Å². The lowest BCUT2D eigenvalue weighted by Gasteiger charge is -2.21. The Bertz CT molecular complexity index is 377. The minimum absolute atomic E-state index is 0.0162. The number of carbonyl (C=O) groups excluding carboxylic acids is 1. The molecular formula is C11H15ClN2O2S. The zero-order chi connectivity index (χ0) is 12.1. The van der Waals surface area contributed by atoms with Gasteiger partial charge >= 0.3 is 0 Å². The molecule has 1 amide bonds. The van der Waals surface area contributed by atoms with Crippen LogP contribution in [0.2, 0.25) is 4.34 Å². The molecule has 1 aromatic heterocycles. The molecule has 1 aliphatic rings. The number of nitrogens with one attached hydrogen (secondary N) is 1. The smallest absolute Gasteiger partial charge is 0.226 e. The third kappa shape index (κ3) is 4.26. The quantitative estimate of drug-likeness (QED) is 0.918. The molecule has 1 N–H and O–H groups in total. The normalized spacial score (nSPS) is 17.0. The van der Waals surface area contributed by atoms with Crippen LogP contribution in [0.25, 0.3) is 0 Å². The van der Waals surface area contributed by atoms with E-state index in [1.807, 2.05) is 0 Å². The minimum atomic E-state index is 0.0162. The lowest BCUT2D eigenvalue weighted by atomic mass is 9.95. The second kappa shape index (κ2) is 6.33. The van der Waals surface area contributed by atoms with Crippen LogP contribution in [0.15, 0.2) is 6.20 Å². The van der Waals surface area contributed by atoms with Gasteiger partial charge in [0.2, 0.25) is 5.91 Å². The van der Waals surface area contributed by atoms with Crippen molar-refractivity contribution in [2.24, 2.45) is 5.92 Å². The van der Waals surface area contributed by atoms with Crippen molar-refractivity contribution in [2.75, 3.05) is 18.5 Å². The summed E-state index contributed by atoms with van der Waals surface area (Å²) in [4.78, 5) is 15.6. The third-order valence-electron chi connectivity index (χ3n) is 2.84. The average molecular weight is 275 g/mol. The summed E-state index contributed by atoms with van der Waals surface area (Å²) in [5, 5.41) is 3.33. The van der Waals surface area contributed by atoms with E-state index in [4.69, 9.17) is 16.3 Å². The first-order valence-electron chi connectivity index (χ1n) is 5.73. The van der Waals surface area contributed by atoms with E-state index in [1.54, 1.807) is 6.20 Å². The van der Waals surface area contributed by atoms with Gasteiger partial charge in [-0.2, -0.15) is 0 Å². The second-order valence-corrected chi connectivity index (χ2v) is 5.77. The number of rotatable bonds is 4. The summed E-state index contributed by atoms with van der Waals surface area (Å²) >= 11 is 7.01. The topological polar surface area (TPSA) is 51.2 Å². The number of aromatic nitrogens is 1. The van der Waals surface area contributed by atoms with E-state index in [9.17, 15) is 4.79 Å². The third-order valence-corrected chi connectivity index (χ3v) is 3.87. The fraction of sp³-hybridized carbons (Fsp3) is 0.636. The first-order chi connectivity index (χ1) is 8.24. The monoisotopic (exact) mass is 274 g/mol. The van der Waals surface area contributed by atoms with Crippen molar-refractivity contribution in [1.82, 2.24) is 4.98 Å². The van der Waals surface area contributed by atoms with Crippen molar-refractivity contribution in [1.29, 1.82) is 0 Å². The van der Waals surface area contributed by atoms with Gasteiger partial charge < -0.3 is 10.1 Å². The Hall–Kier alpha value is -0.650. The summed E-state index contributed by atoms with van der Waals surface area (Å²) in [7, 11) is 0. The molecule has 1 aromatic rings. The van der Waals surface area contributed by atoms with Crippen LogP contribution in [0.1, 0.15) is 25.7 Å². The number of thiazole rings is 1. The highest BCUT2D eigenvalue weighted by atomic mass is 35.5. The number of carbonyl (C=O) groups is 1. The molecule has 0 saturated carbocycles. The van der Waals surface area contributed by atoms with E-state index >= 15 is 0 Å². The van der Waals surface area contributed by atoms with Gasteiger partial charge in [-0.05, 0) is 25.2 Å². The Morgan fingerprint density at radius 2 is 2.35 bits per heavy atom. The van der Waals surface area contributed by atoms with Gasteiger partial charge in [-0.3, -0.25) is 4.79 Å². The lowest BCUT2D eigenvalue weighted by Crippen LogP contribution is -2.18. The first-order valence-corrected chi connectivity index (χ1v) is 6.92. The van der Waals surface area contributed by atoms with Crippen molar-refractivity contribution >= 4 is 34.0 Å². The number of amides is 1. The van der Waals surface area contributed by atoms with E-state index in [0.29, 0.717) is 21.8 Å². The standard InChI is InChI=1S/C11H15ClN2O2S/c12-9-7-13-11(17-9)14-10(15)2-1-8-3-5-16-6-4-8/h7-8H,1-6H2,(H,13,14,15). The number of anilines is 1. The highest BCUT2D eigenvalue weighted by molar-refractivity contribution is 7.19. The SMILES string of the molecule is O=C(CCC1CCOCC1)Nc1ncc(Cl)s1. The largest absolute Gasteiger partial charge is 0.381 e. The summed E-state index contributed by atoms with van der Waals surface area (Å²) in [6.45, 7) is 1.66. The highest BCUT2D eigenvalue weighted by Crippen LogP contribution is 2.24. The fourth-order valence-corrected chi connectivity index (χ4v) is 2.69. The van der Waals surface area contributed by atoms with Crippen molar-refractivity contribution in [2.45, 2.75) is 25.7 Å². The molecule has 6 heteroatoms. The molecule has 0 radical (unpaired) electrons. The second-order valence-electron chi connectivity index (χ2n) is 4.11. The molecule has 1 fully saturated rings. The van der Waals surface area contributed by atoms with Crippen LogP contribution in [0, 0.1) is 5.92 Å². The molecule has 2 rings (SSSR count). The van der Waals surface area contributed by atoms with Crippen LogP contribution in [-0.2, 0) is 9.53 Å². The number of hydrogen-bond acceptors (Lipinski definition) is 4. The number of nitrogens with zero attached hydrogens (tertiary/aromatic N) is 1. The number of halogens is 1. The van der Waals surface area contributed by atoms with E-state index in [2.05, 4.69) is 10.3 Å². The van der Waals surface area contributed by atoms with Gasteiger partial charge in [-0.1, -0.05) is 22.9 Å². The Labute approximate surface area is 109 Å². The first kappa shape index (κ1) is 12.8. The summed E-state index contributed by atoms with van der Waals surface area (Å²) in [5.41, 5.74) is 0. The molecular weight excluding hydrogens is 260 g/mol. The van der Waals surface area contributed by atoms with Gasteiger partial charge in [0, 0.05) is 19.6 Å². The maximum Gasteiger partial charge on any atom is 0.226 e. The summed E-state index contributed by atoms with van der Waals surface area (Å²) < 4.78 is 5.87. The summed E-state index contributed by atoms with van der Waals surface area (Å²) in [6.07, 6.45) is 5.14. The number of ether oxygens (including phenoxy) is 1. The molecule has 0 bridgehead atoms. The Kier molecular flexibility index (Phi) is 4.76. The molecule has 4 nitrogen and oxygen atoms in total. The predicted molar refractivity (Wildman–Crippen MR) is 68.5 cm³/mol. The fourth-order valence-electron chi connectivity index (χ4n) is 1.86. The van der Waals surface area contributed by atoms with Gasteiger partial charge in [0.1, 0.15) is 4.34 Å². The molecule has 1 aliphatic heterocycles. The summed E-state index contributed by atoms with van der Waals surface area (Å²) in [6, 6.07) is 0. The van der Waals surface area contributed by atoms with E-state index in [1.165, 1.54) is 11.3 Å².